The Hall–Kier alpha value is -1.68. The number of pyridine rings is 1. The number of carbonyl (C=O) groups is 1. The SMILES string of the molecule is CN(C)c1cc[n+](CC(=O)c2ccccc2)cc1.[Br-]. The molecule has 0 aliphatic carbocycles. The zero-order valence-electron chi connectivity index (χ0n) is 11.1. The number of rotatable bonds is 4. The van der Waals surface area contributed by atoms with E-state index in [1.54, 1.807) is 0 Å². The molecule has 1 aromatic heterocycles. The lowest BCUT2D eigenvalue weighted by atomic mass is 10.1. The van der Waals surface area contributed by atoms with E-state index < -0.39 is 0 Å². The first kappa shape index (κ1) is 15.4. The van der Waals surface area contributed by atoms with Crippen LogP contribution in [-0.2, 0) is 6.54 Å². The Morgan fingerprint density at radius 1 is 1.05 bits per heavy atom. The smallest absolute Gasteiger partial charge is 0.227 e. The molecule has 0 aliphatic rings. The van der Waals surface area contributed by atoms with Crippen molar-refractivity contribution in [1.29, 1.82) is 0 Å². The molecule has 0 unspecified atom stereocenters. The lowest BCUT2D eigenvalue weighted by molar-refractivity contribution is -0.683. The highest BCUT2D eigenvalue weighted by Gasteiger charge is 2.11. The third kappa shape index (κ3) is 4.17. The fraction of sp³-hybridized carbons (Fsp3) is 0.200. The maximum Gasteiger partial charge on any atom is 0.227 e. The number of anilines is 1. The molecule has 0 N–H and O–H groups in total. The van der Waals surface area contributed by atoms with Crippen LogP contribution in [0.15, 0.2) is 54.9 Å². The number of hydrogen-bond donors (Lipinski definition) is 0. The summed E-state index contributed by atoms with van der Waals surface area (Å²) in [6, 6.07) is 13.4. The van der Waals surface area contributed by atoms with Crippen LogP contribution in [0.25, 0.3) is 0 Å². The van der Waals surface area contributed by atoms with Crippen LogP contribution in [0.1, 0.15) is 10.4 Å². The molecule has 0 radical (unpaired) electrons. The molecule has 0 aliphatic heterocycles. The van der Waals surface area contributed by atoms with E-state index in [2.05, 4.69) is 0 Å². The molecule has 3 nitrogen and oxygen atoms in total. The average Bonchev–Trinajstić information content (AvgIpc) is 2.40. The second-order valence-corrected chi connectivity index (χ2v) is 4.41. The summed E-state index contributed by atoms with van der Waals surface area (Å²) in [6.45, 7) is 0.373. The van der Waals surface area contributed by atoms with Crippen LogP contribution in [0.3, 0.4) is 0 Å². The molecule has 100 valence electrons. The van der Waals surface area contributed by atoms with Gasteiger partial charge >= 0.3 is 0 Å². The van der Waals surface area contributed by atoms with Crippen LogP contribution < -0.4 is 26.4 Å². The quantitative estimate of drug-likeness (QED) is 0.529. The highest BCUT2D eigenvalue weighted by Crippen LogP contribution is 2.06. The van der Waals surface area contributed by atoms with Gasteiger partial charge < -0.3 is 21.9 Å². The number of carbonyl (C=O) groups excluding carboxylic acids is 1. The number of Topliss-reactive ketones (excluding diaryl/α,β-unsaturated/α-hetero) is 1. The lowest BCUT2D eigenvalue weighted by Crippen LogP contribution is -3.00. The summed E-state index contributed by atoms with van der Waals surface area (Å²) in [5.41, 5.74) is 1.88. The largest absolute Gasteiger partial charge is 1.00 e. The third-order valence-corrected chi connectivity index (χ3v) is 2.81. The lowest BCUT2D eigenvalue weighted by Gasteiger charge is -2.10. The molecule has 0 amide bonds. The fourth-order valence-corrected chi connectivity index (χ4v) is 1.73. The van der Waals surface area contributed by atoms with Gasteiger partial charge in [0, 0.05) is 37.5 Å². The number of ketones is 1. The summed E-state index contributed by atoms with van der Waals surface area (Å²) < 4.78 is 1.89. The minimum atomic E-state index is 0. The van der Waals surface area contributed by atoms with Gasteiger partial charge in [-0.1, -0.05) is 30.3 Å². The van der Waals surface area contributed by atoms with Gasteiger partial charge in [0.1, 0.15) is 0 Å². The zero-order valence-corrected chi connectivity index (χ0v) is 12.7. The van der Waals surface area contributed by atoms with Crippen molar-refractivity contribution in [2.75, 3.05) is 19.0 Å². The van der Waals surface area contributed by atoms with E-state index in [1.165, 1.54) is 0 Å². The summed E-state index contributed by atoms with van der Waals surface area (Å²) in [5.74, 6) is 0.123. The van der Waals surface area contributed by atoms with E-state index in [9.17, 15) is 4.79 Å². The summed E-state index contributed by atoms with van der Waals surface area (Å²) in [4.78, 5) is 14.0. The molecule has 0 atom stereocenters. The number of nitrogens with zero attached hydrogens (tertiary/aromatic N) is 2. The minimum Gasteiger partial charge on any atom is -1.00 e. The van der Waals surface area contributed by atoms with Crippen molar-refractivity contribution < 1.29 is 26.3 Å². The molecule has 4 heteroatoms. The van der Waals surface area contributed by atoms with Crippen LogP contribution in [0.5, 0.6) is 0 Å². The monoisotopic (exact) mass is 320 g/mol. The Labute approximate surface area is 124 Å². The zero-order chi connectivity index (χ0) is 13.0. The molecule has 0 spiro atoms. The maximum absolute atomic E-state index is 12.0. The van der Waals surface area contributed by atoms with Gasteiger partial charge in [-0.05, 0) is 0 Å². The Morgan fingerprint density at radius 2 is 1.63 bits per heavy atom. The van der Waals surface area contributed by atoms with Crippen molar-refractivity contribution in [3.63, 3.8) is 0 Å². The Kier molecular flexibility index (Phi) is 5.70. The summed E-state index contributed by atoms with van der Waals surface area (Å²) >= 11 is 0. The van der Waals surface area contributed by atoms with Gasteiger partial charge in [0.2, 0.25) is 12.3 Å². The van der Waals surface area contributed by atoms with Crippen molar-refractivity contribution in [3.8, 4) is 0 Å². The molecule has 1 aromatic carbocycles. The highest BCUT2D eigenvalue weighted by atomic mass is 79.9. The number of hydrogen-bond acceptors (Lipinski definition) is 2. The second-order valence-electron chi connectivity index (χ2n) is 4.41. The van der Waals surface area contributed by atoms with Crippen molar-refractivity contribution in [2.24, 2.45) is 0 Å². The van der Waals surface area contributed by atoms with Crippen LogP contribution in [0, 0.1) is 0 Å². The topological polar surface area (TPSA) is 24.2 Å². The molecule has 0 saturated carbocycles. The number of benzene rings is 1. The van der Waals surface area contributed by atoms with Crippen LogP contribution in [0.4, 0.5) is 5.69 Å². The van der Waals surface area contributed by atoms with Crippen molar-refractivity contribution in [3.05, 3.63) is 60.4 Å². The first-order chi connectivity index (χ1) is 8.66. The van der Waals surface area contributed by atoms with Gasteiger partial charge in [0.05, 0.1) is 0 Å². The van der Waals surface area contributed by atoms with E-state index in [4.69, 9.17) is 0 Å². The molecular weight excluding hydrogens is 304 g/mol. The van der Waals surface area contributed by atoms with E-state index in [0.29, 0.717) is 6.54 Å². The fourth-order valence-electron chi connectivity index (χ4n) is 1.73. The van der Waals surface area contributed by atoms with Gasteiger partial charge in [-0.3, -0.25) is 4.79 Å². The first-order valence-electron chi connectivity index (χ1n) is 5.91. The Morgan fingerprint density at radius 3 is 2.16 bits per heavy atom. The van der Waals surface area contributed by atoms with Gasteiger partial charge in [-0.15, -0.1) is 0 Å². The predicted molar refractivity (Wildman–Crippen MR) is 71.7 cm³/mol. The molecule has 2 aromatic rings. The Balaban J connectivity index is 0.00000180. The minimum absolute atomic E-state index is 0. The van der Waals surface area contributed by atoms with Gasteiger partial charge in [0.15, 0.2) is 12.4 Å². The summed E-state index contributed by atoms with van der Waals surface area (Å²) in [7, 11) is 3.99. The number of aromatic nitrogens is 1. The van der Waals surface area contributed by atoms with Crippen molar-refractivity contribution in [2.45, 2.75) is 6.54 Å². The van der Waals surface area contributed by atoms with Crippen LogP contribution >= 0.6 is 0 Å². The van der Waals surface area contributed by atoms with E-state index in [1.807, 2.05) is 78.4 Å². The van der Waals surface area contributed by atoms with E-state index in [0.717, 1.165) is 11.3 Å². The van der Waals surface area contributed by atoms with Gasteiger partial charge in [0.25, 0.3) is 0 Å². The first-order valence-corrected chi connectivity index (χ1v) is 5.91. The number of halogens is 1. The summed E-state index contributed by atoms with van der Waals surface area (Å²) in [6.07, 6.45) is 3.85. The van der Waals surface area contributed by atoms with Crippen LogP contribution in [0.2, 0.25) is 0 Å². The van der Waals surface area contributed by atoms with Crippen molar-refractivity contribution in [1.82, 2.24) is 0 Å². The average molecular weight is 321 g/mol. The third-order valence-electron chi connectivity index (χ3n) is 2.81. The molecule has 0 bridgehead atoms. The van der Waals surface area contributed by atoms with E-state index >= 15 is 0 Å². The molecule has 0 saturated heterocycles. The Bertz CT molecular complexity index is 524. The standard InChI is InChI=1S/C15H17N2O.BrH/c1-16(2)14-8-10-17(11-9-14)12-15(18)13-6-4-3-5-7-13;/h3-11H,12H2,1-2H3;1H/q+1;/p-1. The van der Waals surface area contributed by atoms with Crippen molar-refractivity contribution >= 4 is 11.5 Å². The van der Waals surface area contributed by atoms with E-state index in [-0.39, 0.29) is 22.8 Å². The molecular formula is C15H17BrN2O. The normalized spacial score (nSPS) is 9.58. The summed E-state index contributed by atoms with van der Waals surface area (Å²) in [5, 5.41) is 0. The molecule has 19 heavy (non-hydrogen) atoms. The predicted octanol–water partition coefficient (Wildman–Crippen LogP) is -1.07. The van der Waals surface area contributed by atoms with Crippen LogP contribution in [-0.4, -0.2) is 19.9 Å². The van der Waals surface area contributed by atoms with Gasteiger partial charge in [-0.2, -0.15) is 4.57 Å². The molecule has 2 rings (SSSR count). The maximum atomic E-state index is 12.0. The second kappa shape index (κ2) is 7.04. The molecule has 0 fully saturated rings. The molecule has 1 heterocycles. The van der Waals surface area contributed by atoms with Gasteiger partial charge in [-0.25, -0.2) is 0 Å². The highest BCUT2D eigenvalue weighted by molar-refractivity contribution is 5.94.